The van der Waals surface area contributed by atoms with Gasteiger partial charge in [0.2, 0.25) is 5.91 Å². The Kier molecular flexibility index (Phi) is 2.06. The van der Waals surface area contributed by atoms with Gasteiger partial charge in [0, 0.05) is 17.9 Å². The normalized spacial score (nSPS) is 25.8. The number of benzene rings is 1. The van der Waals surface area contributed by atoms with Gasteiger partial charge in [-0.25, -0.2) is 0 Å². The number of nitrogens with one attached hydrogen (secondary N) is 1. The van der Waals surface area contributed by atoms with Crippen LogP contribution in [0, 0.1) is 5.41 Å². The molecular weight excluding hydrogens is 198 g/mol. The van der Waals surface area contributed by atoms with Gasteiger partial charge in [0.25, 0.3) is 0 Å². The van der Waals surface area contributed by atoms with Gasteiger partial charge < -0.3 is 5.32 Å². The van der Waals surface area contributed by atoms with Gasteiger partial charge in [-0.1, -0.05) is 31.2 Å². The molecule has 1 fully saturated rings. The molecule has 0 radical (unpaired) electrons. The molecule has 0 aromatic heterocycles. The molecule has 84 valence electrons. The van der Waals surface area contributed by atoms with Crippen molar-refractivity contribution in [1.82, 2.24) is 5.32 Å². The average molecular weight is 215 g/mol. The molecule has 1 saturated heterocycles. The zero-order valence-electron chi connectivity index (χ0n) is 9.62. The van der Waals surface area contributed by atoms with Crippen molar-refractivity contribution >= 4 is 5.91 Å². The Balaban J connectivity index is 1.96. The third kappa shape index (κ3) is 1.29. The summed E-state index contributed by atoms with van der Waals surface area (Å²) >= 11 is 0. The third-order valence-electron chi connectivity index (χ3n) is 4.20. The van der Waals surface area contributed by atoms with Crippen LogP contribution in [0.4, 0.5) is 0 Å². The molecule has 1 aliphatic heterocycles. The van der Waals surface area contributed by atoms with Crippen LogP contribution in [0.3, 0.4) is 0 Å². The van der Waals surface area contributed by atoms with Crippen LogP contribution in [0.5, 0.6) is 0 Å². The van der Waals surface area contributed by atoms with Gasteiger partial charge in [0.15, 0.2) is 0 Å². The van der Waals surface area contributed by atoms with Gasteiger partial charge in [-0.2, -0.15) is 0 Å². The minimum atomic E-state index is 0.176. The zero-order chi connectivity index (χ0) is 11.2. The number of carbonyl (C=O) groups is 1. The highest BCUT2D eigenvalue weighted by Crippen LogP contribution is 2.45. The van der Waals surface area contributed by atoms with E-state index in [1.165, 1.54) is 11.1 Å². The maximum atomic E-state index is 11.6. The first-order valence-electron chi connectivity index (χ1n) is 6.10. The standard InChI is InChI=1S/C14H17NO/c1-2-12-14(9-13(16)15-12)7-10-5-3-4-6-11(10)8-14/h3-6,12H,2,7-9H2,1H3,(H,15,16). The fraction of sp³-hybridized carbons (Fsp3) is 0.500. The molecule has 1 atom stereocenters. The molecule has 1 N–H and O–H groups in total. The zero-order valence-corrected chi connectivity index (χ0v) is 9.62. The molecule has 1 heterocycles. The molecule has 16 heavy (non-hydrogen) atoms. The van der Waals surface area contributed by atoms with E-state index >= 15 is 0 Å². The van der Waals surface area contributed by atoms with Gasteiger partial charge in [-0.3, -0.25) is 4.79 Å². The first-order chi connectivity index (χ1) is 7.73. The highest BCUT2D eigenvalue weighted by atomic mass is 16.2. The fourth-order valence-corrected chi connectivity index (χ4v) is 3.47. The van der Waals surface area contributed by atoms with E-state index in [2.05, 4.69) is 36.5 Å². The smallest absolute Gasteiger partial charge is 0.220 e. The van der Waals surface area contributed by atoms with Crippen molar-refractivity contribution in [3.8, 4) is 0 Å². The molecule has 1 unspecified atom stereocenters. The van der Waals surface area contributed by atoms with Gasteiger partial charge in [0.1, 0.15) is 0 Å². The lowest BCUT2D eigenvalue weighted by molar-refractivity contribution is -0.119. The summed E-state index contributed by atoms with van der Waals surface area (Å²) in [6.45, 7) is 2.17. The highest BCUT2D eigenvalue weighted by Gasteiger charge is 2.49. The quantitative estimate of drug-likeness (QED) is 0.763. The summed E-state index contributed by atoms with van der Waals surface area (Å²) in [4.78, 5) is 11.6. The lowest BCUT2D eigenvalue weighted by Gasteiger charge is -2.28. The van der Waals surface area contributed by atoms with E-state index in [-0.39, 0.29) is 11.3 Å². The topological polar surface area (TPSA) is 29.1 Å². The van der Waals surface area contributed by atoms with Crippen LogP contribution in [-0.2, 0) is 17.6 Å². The van der Waals surface area contributed by atoms with Crippen molar-refractivity contribution in [3.63, 3.8) is 0 Å². The highest BCUT2D eigenvalue weighted by molar-refractivity contribution is 5.80. The van der Waals surface area contributed by atoms with E-state index in [1.54, 1.807) is 0 Å². The SMILES string of the molecule is CCC1NC(=O)CC12Cc1ccccc1C2. The second-order valence-corrected chi connectivity index (χ2v) is 5.19. The van der Waals surface area contributed by atoms with Crippen LogP contribution in [-0.4, -0.2) is 11.9 Å². The molecule has 0 saturated carbocycles. The molecule has 1 aromatic rings. The minimum Gasteiger partial charge on any atom is -0.353 e. The molecule has 0 bridgehead atoms. The molecule has 2 aliphatic rings. The van der Waals surface area contributed by atoms with Crippen LogP contribution >= 0.6 is 0 Å². The Morgan fingerprint density at radius 2 is 1.88 bits per heavy atom. The average Bonchev–Trinajstić information content (AvgIpc) is 2.78. The van der Waals surface area contributed by atoms with Gasteiger partial charge >= 0.3 is 0 Å². The maximum absolute atomic E-state index is 11.6. The number of hydrogen-bond acceptors (Lipinski definition) is 1. The van der Waals surface area contributed by atoms with E-state index in [1.807, 2.05) is 0 Å². The van der Waals surface area contributed by atoms with E-state index in [9.17, 15) is 4.79 Å². The number of rotatable bonds is 1. The van der Waals surface area contributed by atoms with Crippen molar-refractivity contribution < 1.29 is 4.79 Å². The van der Waals surface area contributed by atoms with Gasteiger partial charge in [0.05, 0.1) is 0 Å². The van der Waals surface area contributed by atoms with Gasteiger partial charge in [-0.15, -0.1) is 0 Å². The first-order valence-corrected chi connectivity index (χ1v) is 6.10. The van der Waals surface area contributed by atoms with Gasteiger partial charge in [-0.05, 0) is 30.4 Å². The van der Waals surface area contributed by atoms with E-state index in [0.29, 0.717) is 12.5 Å². The van der Waals surface area contributed by atoms with Crippen LogP contribution in [0.1, 0.15) is 30.9 Å². The van der Waals surface area contributed by atoms with Crippen LogP contribution in [0.2, 0.25) is 0 Å². The van der Waals surface area contributed by atoms with Crippen LogP contribution in [0.25, 0.3) is 0 Å². The van der Waals surface area contributed by atoms with E-state index in [4.69, 9.17) is 0 Å². The summed E-state index contributed by atoms with van der Waals surface area (Å²) < 4.78 is 0. The van der Waals surface area contributed by atoms with E-state index < -0.39 is 0 Å². The molecule has 1 spiro atoms. The van der Waals surface area contributed by atoms with Crippen molar-refractivity contribution in [2.75, 3.05) is 0 Å². The van der Waals surface area contributed by atoms with Crippen molar-refractivity contribution in [2.24, 2.45) is 5.41 Å². The first kappa shape index (κ1) is 9.88. The van der Waals surface area contributed by atoms with Crippen LogP contribution < -0.4 is 5.32 Å². The number of hydrogen-bond donors (Lipinski definition) is 1. The molecular formula is C14H17NO. The largest absolute Gasteiger partial charge is 0.353 e. The number of fused-ring (bicyclic) bond motifs is 1. The molecule has 1 aliphatic carbocycles. The fourth-order valence-electron chi connectivity index (χ4n) is 3.47. The minimum absolute atomic E-state index is 0.176. The molecule has 2 nitrogen and oxygen atoms in total. The lowest BCUT2D eigenvalue weighted by Crippen LogP contribution is -2.37. The van der Waals surface area contributed by atoms with Crippen molar-refractivity contribution in [3.05, 3.63) is 35.4 Å². The Hall–Kier alpha value is -1.31. The second kappa shape index (κ2) is 3.34. The molecule has 1 aromatic carbocycles. The summed E-state index contributed by atoms with van der Waals surface area (Å²) in [6.07, 6.45) is 3.89. The summed E-state index contributed by atoms with van der Waals surface area (Å²) in [7, 11) is 0. The monoisotopic (exact) mass is 215 g/mol. The predicted molar refractivity (Wildman–Crippen MR) is 63.1 cm³/mol. The Morgan fingerprint density at radius 1 is 1.25 bits per heavy atom. The Bertz CT molecular complexity index is 413. The maximum Gasteiger partial charge on any atom is 0.220 e. The number of amides is 1. The van der Waals surface area contributed by atoms with E-state index in [0.717, 1.165) is 19.3 Å². The molecule has 3 rings (SSSR count). The van der Waals surface area contributed by atoms with Crippen molar-refractivity contribution in [1.29, 1.82) is 0 Å². The molecule has 1 amide bonds. The van der Waals surface area contributed by atoms with Crippen molar-refractivity contribution in [2.45, 2.75) is 38.6 Å². The summed E-state index contributed by atoms with van der Waals surface area (Å²) in [5, 5.41) is 3.13. The predicted octanol–water partition coefficient (Wildman–Crippen LogP) is 2.07. The van der Waals surface area contributed by atoms with Crippen LogP contribution in [0.15, 0.2) is 24.3 Å². The Morgan fingerprint density at radius 3 is 2.44 bits per heavy atom. The lowest BCUT2D eigenvalue weighted by atomic mass is 9.76. The second-order valence-electron chi connectivity index (χ2n) is 5.19. The third-order valence-corrected chi connectivity index (χ3v) is 4.20. The number of carbonyl (C=O) groups excluding carboxylic acids is 1. The molecule has 2 heteroatoms. The summed E-state index contributed by atoms with van der Waals surface area (Å²) in [6, 6.07) is 8.98. The summed E-state index contributed by atoms with van der Waals surface area (Å²) in [5.41, 5.74) is 3.06. The summed E-state index contributed by atoms with van der Waals surface area (Å²) in [5.74, 6) is 0.236. The Labute approximate surface area is 96.1 Å².